The lowest BCUT2D eigenvalue weighted by atomic mass is 10.0. The molecule has 3 rings (SSSR count). The molecule has 0 aliphatic carbocycles. The van der Waals surface area contributed by atoms with Crippen LogP contribution in [0.2, 0.25) is 15.1 Å². The maximum absolute atomic E-state index is 12.5. The van der Waals surface area contributed by atoms with Crippen molar-refractivity contribution in [2.45, 2.75) is 13.0 Å². The average Bonchev–Trinajstić information content (AvgIpc) is 2.65. The number of rotatable bonds is 3. The van der Waals surface area contributed by atoms with Crippen molar-refractivity contribution in [3.63, 3.8) is 0 Å². The topological polar surface area (TPSA) is 63.0 Å². The van der Waals surface area contributed by atoms with Crippen LogP contribution in [0.5, 0.6) is 0 Å². The molecule has 1 aromatic heterocycles. The van der Waals surface area contributed by atoms with E-state index in [-0.39, 0.29) is 15.6 Å². The Bertz CT molecular complexity index is 1060. The summed E-state index contributed by atoms with van der Waals surface area (Å²) in [4.78, 5) is 17.1. The van der Waals surface area contributed by atoms with Crippen LogP contribution in [-0.2, 0) is 4.74 Å². The quantitative estimate of drug-likeness (QED) is 0.400. The van der Waals surface area contributed by atoms with E-state index in [0.717, 1.165) is 0 Å². The molecule has 0 saturated carbocycles. The highest BCUT2D eigenvalue weighted by molar-refractivity contribution is 6.49. The second-order valence-corrected chi connectivity index (χ2v) is 6.63. The Morgan fingerprint density at radius 1 is 1.15 bits per heavy atom. The van der Waals surface area contributed by atoms with Gasteiger partial charge in [-0.3, -0.25) is 0 Å². The Kier molecular flexibility index (Phi) is 5.33. The number of fused-ring (bicyclic) bond motifs is 1. The number of aromatic nitrogens is 1. The van der Waals surface area contributed by atoms with Crippen molar-refractivity contribution in [3.8, 4) is 17.3 Å². The van der Waals surface area contributed by atoms with E-state index in [9.17, 15) is 4.79 Å². The average molecular weight is 406 g/mol. The minimum atomic E-state index is -0.869. The number of esters is 1. The van der Waals surface area contributed by atoms with Gasteiger partial charge in [0, 0.05) is 10.9 Å². The van der Waals surface area contributed by atoms with Crippen LogP contribution in [0.3, 0.4) is 0 Å². The molecule has 1 atom stereocenters. The molecule has 0 amide bonds. The second-order valence-electron chi connectivity index (χ2n) is 5.47. The van der Waals surface area contributed by atoms with Crippen LogP contribution in [-0.4, -0.2) is 17.1 Å². The molecule has 0 N–H and O–H groups in total. The third kappa shape index (κ3) is 3.47. The Labute approximate surface area is 164 Å². The summed E-state index contributed by atoms with van der Waals surface area (Å²) >= 11 is 18.4. The molecule has 0 saturated heterocycles. The summed E-state index contributed by atoms with van der Waals surface area (Å²) in [6.45, 7) is 1.50. The summed E-state index contributed by atoms with van der Waals surface area (Å²) in [5.41, 5.74) is 1.86. The minimum absolute atomic E-state index is 0.211. The fourth-order valence-corrected chi connectivity index (χ4v) is 3.09. The summed E-state index contributed by atoms with van der Waals surface area (Å²) in [6.07, 6.45) is -0.869. The molecule has 0 unspecified atom stereocenters. The fraction of sp³-hybridized carbons (Fsp3) is 0.105. The highest BCUT2D eigenvalue weighted by atomic mass is 35.5. The molecule has 1 heterocycles. The van der Waals surface area contributed by atoms with E-state index in [1.54, 1.807) is 36.4 Å². The largest absolute Gasteiger partial charge is 0.444 e. The van der Waals surface area contributed by atoms with E-state index >= 15 is 0 Å². The van der Waals surface area contributed by atoms with Gasteiger partial charge in [0.25, 0.3) is 0 Å². The Balaban J connectivity index is 2.22. The highest BCUT2D eigenvalue weighted by Gasteiger charge is 2.19. The standard InChI is InChI=1S/C19H11Cl3N2O2/c1-10(9-23)26-19(25)13-8-16(24-15-5-3-2-4-11(13)15)12-6-7-14(20)18(22)17(12)21/h2-8,10H,1H3/t10-/m0/s1. The van der Waals surface area contributed by atoms with Crippen molar-refractivity contribution in [3.05, 3.63) is 63.1 Å². The fourth-order valence-electron chi connectivity index (χ4n) is 2.46. The number of ether oxygens (including phenoxy) is 1. The summed E-state index contributed by atoms with van der Waals surface area (Å²) < 4.78 is 5.15. The number of carbonyl (C=O) groups excluding carboxylic acids is 1. The first kappa shape index (κ1) is 18.5. The number of hydrogen-bond donors (Lipinski definition) is 0. The lowest BCUT2D eigenvalue weighted by molar-refractivity contribution is 0.0438. The van der Waals surface area contributed by atoms with Gasteiger partial charge in [0.2, 0.25) is 0 Å². The molecule has 0 aliphatic heterocycles. The van der Waals surface area contributed by atoms with Crippen molar-refractivity contribution in [1.29, 1.82) is 5.26 Å². The first-order valence-corrected chi connectivity index (χ1v) is 8.70. The third-order valence-electron chi connectivity index (χ3n) is 3.71. The number of halogens is 3. The SMILES string of the molecule is C[C@@H](C#N)OC(=O)c1cc(-c2ccc(Cl)c(Cl)c2Cl)nc2ccccc12. The summed E-state index contributed by atoms with van der Waals surface area (Å²) in [6, 6.07) is 13.9. The molecule has 7 heteroatoms. The van der Waals surface area contributed by atoms with Gasteiger partial charge < -0.3 is 4.74 Å². The molecule has 0 spiro atoms. The van der Waals surface area contributed by atoms with Crippen molar-refractivity contribution < 1.29 is 9.53 Å². The van der Waals surface area contributed by atoms with Gasteiger partial charge >= 0.3 is 5.97 Å². The molecule has 0 fully saturated rings. The summed E-state index contributed by atoms with van der Waals surface area (Å²) in [5, 5.41) is 10.3. The molecule has 4 nitrogen and oxygen atoms in total. The van der Waals surface area contributed by atoms with Crippen LogP contribution in [0.15, 0.2) is 42.5 Å². The molecule has 3 aromatic rings. The lowest BCUT2D eigenvalue weighted by Gasteiger charge is -2.12. The zero-order valence-electron chi connectivity index (χ0n) is 13.5. The van der Waals surface area contributed by atoms with Crippen LogP contribution in [0.1, 0.15) is 17.3 Å². The normalized spacial score (nSPS) is 11.8. The predicted octanol–water partition coefficient (Wildman–Crippen LogP) is 5.93. The van der Waals surface area contributed by atoms with Crippen LogP contribution in [0, 0.1) is 11.3 Å². The van der Waals surface area contributed by atoms with Crippen molar-refractivity contribution in [2.24, 2.45) is 0 Å². The number of nitrogens with zero attached hydrogens (tertiary/aromatic N) is 2. The van der Waals surface area contributed by atoms with Crippen molar-refractivity contribution in [2.75, 3.05) is 0 Å². The van der Waals surface area contributed by atoms with E-state index in [0.29, 0.717) is 27.2 Å². The Morgan fingerprint density at radius 2 is 1.88 bits per heavy atom. The molecular weight excluding hydrogens is 395 g/mol. The molecule has 0 radical (unpaired) electrons. The smallest absolute Gasteiger partial charge is 0.340 e. The number of hydrogen-bond acceptors (Lipinski definition) is 4. The van der Waals surface area contributed by atoms with Gasteiger partial charge in [-0.1, -0.05) is 53.0 Å². The lowest BCUT2D eigenvalue weighted by Crippen LogP contribution is -2.14. The molecule has 0 bridgehead atoms. The van der Waals surface area contributed by atoms with E-state index in [1.807, 2.05) is 12.1 Å². The first-order chi connectivity index (χ1) is 12.4. The minimum Gasteiger partial charge on any atom is -0.444 e. The van der Waals surface area contributed by atoms with E-state index in [4.69, 9.17) is 44.8 Å². The molecule has 26 heavy (non-hydrogen) atoms. The maximum Gasteiger partial charge on any atom is 0.340 e. The second kappa shape index (κ2) is 7.51. The van der Waals surface area contributed by atoms with Crippen LogP contribution in [0.25, 0.3) is 22.2 Å². The Hall–Kier alpha value is -2.32. The number of pyridine rings is 1. The Morgan fingerprint density at radius 3 is 2.62 bits per heavy atom. The van der Waals surface area contributed by atoms with Gasteiger partial charge in [0.15, 0.2) is 6.10 Å². The highest BCUT2D eigenvalue weighted by Crippen LogP contribution is 2.38. The zero-order valence-corrected chi connectivity index (χ0v) is 15.7. The van der Waals surface area contributed by atoms with E-state index in [1.165, 1.54) is 6.92 Å². The number of para-hydroxylation sites is 1. The monoisotopic (exact) mass is 404 g/mol. The third-order valence-corrected chi connectivity index (χ3v) is 5.01. The number of benzene rings is 2. The first-order valence-electron chi connectivity index (χ1n) is 7.56. The predicted molar refractivity (Wildman–Crippen MR) is 103 cm³/mol. The van der Waals surface area contributed by atoms with Crippen molar-refractivity contribution >= 4 is 51.7 Å². The molecular formula is C19H11Cl3N2O2. The number of carbonyl (C=O) groups is 1. The van der Waals surface area contributed by atoms with Crippen LogP contribution >= 0.6 is 34.8 Å². The molecule has 0 aliphatic rings. The maximum atomic E-state index is 12.5. The summed E-state index contributed by atoms with van der Waals surface area (Å²) in [7, 11) is 0. The van der Waals surface area contributed by atoms with Gasteiger partial charge in [-0.15, -0.1) is 0 Å². The van der Waals surface area contributed by atoms with Gasteiger partial charge in [-0.05, 0) is 31.2 Å². The number of nitriles is 1. The van der Waals surface area contributed by atoms with Gasteiger partial charge in [0.05, 0.1) is 31.8 Å². The van der Waals surface area contributed by atoms with Gasteiger partial charge in [-0.25, -0.2) is 9.78 Å². The van der Waals surface area contributed by atoms with Crippen LogP contribution in [0.4, 0.5) is 0 Å². The van der Waals surface area contributed by atoms with Gasteiger partial charge in [0.1, 0.15) is 6.07 Å². The van der Waals surface area contributed by atoms with E-state index < -0.39 is 12.1 Å². The van der Waals surface area contributed by atoms with Crippen molar-refractivity contribution in [1.82, 2.24) is 4.98 Å². The summed E-state index contributed by atoms with van der Waals surface area (Å²) in [5.74, 6) is -0.616. The van der Waals surface area contributed by atoms with E-state index in [2.05, 4.69) is 4.98 Å². The van der Waals surface area contributed by atoms with Gasteiger partial charge in [-0.2, -0.15) is 5.26 Å². The van der Waals surface area contributed by atoms with Crippen LogP contribution < -0.4 is 0 Å². The molecule has 130 valence electrons. The zero-order chi connectivity index (χ0) is 18.8. The molecule has 2 aromatic carbocycles.